The molecule has 0 aliphatic heterocycles. The maximum absolute atomic E-state index is 12.1. The van der Waals surface area contributed by atoms with Crippen molar-refractivity contribution < 1.29 is 45.0 Å². The number of carbonyl (C=O) groups is 3. The van der Waals surface area contributed by atoms with E-state index in [1.165, 1.54) is 6.42 Å². The lowest BCUT2D eigenvalue weighted by molar-refractivity contribution is -0.144. The van der Waals surface area contributed by atoms with Gasteiger partial charge in [0.05, 0.1) is 45.7 Å². The van der Waals surface area contributed by atoms with Crippen LogP contribution in [-0.2, 0) is 23.9 Å². The molecule has 6 rings (SSSR count). The van der Waals surface area contributed by atoms with Crippen LogP contribution in [0, 0.1) is 16.2 Å². The molecule has 6 aromatic rings. The first-order valence-corrected chi connectivity index (χ1v) is 28.1. The van der Waals surface area contributed by atoms with Crippen LogP contribution < -0.4 is 9.47 Å². The average molecular weight is 1150 g/mol. The number of phenols is 1. The first kappa shape index (κ1) is 70.6. The number of phenolic OH excluding ortho intramolecular Hbond substituents is 1. The van der Waals surface area contributed by atoms with Gasteiger partial charge in [0.2, 0.25) is 0 Å². The van der Waals surface area contributed by atoms with Crippen LogP contribution in [0.5, 0.6) is 17.2 Å². The van der Waals surface area contributed by atoms with Crippen LogP contribution in [0.25, 0.3) is 0 Å². The van der Waals surface area contributed by atoms with Gasteiger partial charge >= 0.3 is 17.9 Å². The third-order valence-corrected chi connectivity index (χ3v) is 12.7. The number of ether oxygens (including phenoxy) is 4. The highest BCUT2D eigenvalue weighted by Crippen LogP contribution is 2.33. The number of benzene rings is 6. The number of esters is 2. The van der Waals surface area contributed by atoms with Crippen LogP contribution in [-0.4, -0.2) is 59.9 Å². The monoisotopic (exact) mass is 1150 g/mol. The van der Waals surface area contributed by atoms with Crippen LogP contribution in [0.1, 0.15) is 182 Å². The van der Waals surface area contributed by atoms with E-state index in [1.54, 1.807) is 19.1 Å². The van der Waals surface area contributed by atoms with Crippen molar-refractivity contribution >= 4 is 33.8 Å². The van der Waals surface area contributed by atoms with Gasteiger partial charge in [-0.1, -0.05) is 220 Å². The Kier molecular flexibility index (Phi) is 32.8. The lowest BCUT2D eigenvalue weighted by atomic mass is 9.88. The second-order valence-electron chi connectivity index (χ2n) is 22.6. The summed E-state index contributed by atoms with van der Waals surface area (Å²) in [7, 11) is 0. The van der Waals surface area contributed by atoms with E-state index in [1.807, 2.05) is 146 Å². The van der Waals surface area contributed by atoms with Crippen LogP contribution in [0.15, 0.2) is 164 Å². The molecule has 3 atom stereocenters. The molecule has 0 aliphatic rings. The molecule has 2 N–H and O–H groups in total. The lowest BCUT2D eigenvalue weighted by Crippen LogP contribution is -2.12. The Hall–Kier alpha value is -6.39. The molecule has 0 aromatic heterocycles. The van der Waals surface area contributed by atoms with Gasteiger partial charge in [0.25, 0.3) is 0 Å². The van der Waals surface area contributed by atoms with E-state index in [9.17, 15) is 24.6 Å². The topological polar surface area (TPSA) is 129 Å². The predicted molar refractivity (Wildman–Crippen MR) is 332 cm³/mol. The fourth-order valence-corrected chi connectivity index (χ4v) is 9.01. The minimum atomic E-state index is -0.797. The number of alkyl halides is 1. The summed E-state index contributed by atoms with van der Waals surface area (Å²) < 4.78 is 21.8. The molecule has 0 amide bonds. The SMILES string of the molecule is C.C.CC(C)(C)CCBr.CC(C)(C)CCOc1ccc(C(CC(=O)O)c2ccccc2)cc1.CCOC(=O)CC(c1ccccc1)c1ccc(O)cc1.CCOC(=O)CC(c1ccccc1)c1ccc(OCCC(C)(C)C)cc1.[2H-]. The number of hydrogen-bond donors (Lipinski definition) is 2. The number of carbonyl (C=O) groups excluding carboxylic acids is 2. The molecule has 9 nitrogen and oxygen atoms in total. The molecule has 0 fully saturated rings. The van der Waals surface area contributed by atoms with Crippen LogP contribution >= 0.6 is 15.9 Å². The molecule has 0 aliphatic carbocycles. The summed E-state index contributed by atoms with van der Waals surface area (Å²) in [5.74, 6) is 0.500. The average Bonchev–Trinajstić information content (AvgIpc) is 3.38. The first-order chi connectivity index (χ1) is 36.5. The number of aromatic hydroxyl groups is 1. The molecule has 434 valence electrons. The Morgan fingerprint density at radius 1 is 0.443 bits per heavy atom. The summed E-state index contributed by atoms with van der Waals surface area (Å²) in [5, 5.41) is 19.7. The number of halogens is 1. The fourth-order valence-electron chi connectivity index (χ4n) is 7.82. The van der Waals surface area contributed by atoms with Gasteiger partial charge in [-0.15, -0.1) is 0 Å². The van der Waals surface area contributed by atoms with E-state index in [2.05, 4.69) is 90.4 Å². The number of carboxylic acids is 1. The van der Waals surface area contributed by atoms with Crippen LogP contribution in [0.2, 0.25) is 0 Å². The molecule has 0 heterocycles. The van der Waals surface area contributed by atoms with Gasteiger partial charge in [-0.3, -0.25) is 14.4 Å². The molecule has 79 heavy (non-hydrogen) atoms. The number of aliphatic carboxylic acids is 1. The molecule has 0 saturated carbocycles. The zero-order chi connectivity index (χ0) is 56.9. The zero-order valence-electron chi connectivity index (χ0n) is 48.7. The fraction of sp³-hybridized carbons (Fsp3) is 0.435. The molecular formula is C69H96BrO9-. The molecule has 6 aromatic carbocycles. The summed E-state index contributed by atoms with van der Waals surface area (Å²) in [6.45, 7) is 25.7. The van der Waals surface area contributed by atoms with E-state index in [0.29, 0.717) is 44.7 Å². The van der Waals surface area contributed by atoms with Crippen LogP contribution in [0.4, 0.5) is 0 Å². The third-order valence-electron chi connectivity index (χ3n) is 12.3. The Morgan fingerprint density at radius 3 is 0.975 bits per heavy atom. The van der Waals surface area contributed by atoms with Crippen molar-refractivity contribution in [1.29, 1.82) is 0 Å². The molecule has 0 radical (unpaired) electrons. The smallest absolute Gasteiger partial charge is 0.306 e. The van der Waals surface area contributed by atoms with Crippen molar-refractivity contribution in [3.05, 3.63) is 197 Å². The molecule has 10 heteroatoms. The highest BCUT2D eigenvalue weighted by molar-refractivity contribution is 9.09. The van der Waals surface area contributed by atoms with Crippen molar-refractivity contribution in [2.45, 2.75) is 147 Å². The highest BCUT2D eigenvalue weighted by atomic mass is 79.9. The van der Waals surface area contributed by atoms with E-state index >= 15 is 0 Å². The highest BCUT2D eigenvalue weighted by Gasteiger charge is 2.22. The largest absolute Gasteiger partial charge is 1.00 e. The van der Waals surface area contributed by atoms with Gasteiger partial charge in [-0.05, 0) is 119 Å². The third kappa shape index (κ3) is 30.0. The molecule has 0 bridgehead atoms. The zero-order valence-corrected chi connectivity index (χ0v) is 49.3. The van der Waals surface area contributed by atoms with Gasteiger partial charge in [0, 0.05) is 23.1 Å². The lowest BCUT2D eigenvalue weighted by Gasteiger charge is -2.19. The number of hydrogen-bond acceptors (Lipinski definition) is 8. The van der Waals surface area contributed by atoms with Gasteiger partial charge < -0.3 is 30.6 Å². The second-order valence-corrected chi connectivity index (χ2v) is 23.3. The summed E-state index contributed by atoms with van der Waals surface area (Å²) in [6, 6.07) is 52.5. The van der Waals surface area contributed by atoms with Crippen molar-refractivity contribution in [2.24, 2.45) is 16.2 Å². The summed E-state index contributed by atoms with van der Waals surface area (Å²) in [4.78, 5) is 35.1. The quantitative estimate of drug-likeness (QED) is 0.0535. The minimum Gasteiger partial charge on any atom is -1.00 e. The van der Waals surface area contributed by atoms with Gasteiger partial charge in [-0.25, -0.2) is 0 Å². The standard InChI is InChI=1S/C23H30O3.C21H26O3.C17H18O3.C6H13Br.2CH4.H/c1-5-25-22(24)17-21(18-9-7-6-8-10-18)19-11-13-20(14-12-19)26-16-15-23(2,3)4;1-21(2,3)13-14-24-18-11-9-17(10-12-18)19(15-20(22)23)16-7-5-4-6-8-16;1-2-20-17(19)12-16(13-6-4-3-5-7-13)14-8-10-15(18)11-9-14;1-6(2,3)4-5-7;;;/h6-14,21H,5,15-17H2,1-4H3;4-12,19H,13-15H2,1-3H3,(H,22,23);3-11,16,18H,2,12H2,1H3;4-5H2,1-3H3;2*1H4;/q;;;;;;-1/i;;;;;;1+1. The van der Waals surface area contributed by atoms with Gasteiger partial charge in [-0.2, -0.15) is 0 Å². The van der Waals surface area contributed by atoms with Crippen molar-refractivity contribution in [1.82, 2.24) is 0 Å². The maximum Gasteiger partial charge on any atom is 0.306 e. The Balaban J connectivity index is 0.00000109. The van der Waals surface area contributed by atoms with E-state index in [0.717, 1.165) is 63.1 Å². The molecule has 3 unspecified atom stereocenters. The second kappa shape index (κ2) is 36.7. The van der Waals surface area contributed by atoms with E-state index < -0.39 is 5.97 Å². The first-order valence-electron chi connectivity index (χ1n) is 27.0. The van der Waals surface area contributed by atoms with E-state index in [4.69, 9.17) is 18.9 Å². The Morgan fingerprint density at radius 2 is 0.722 bits per heavy atom. The minimum absolute atomic E-state index is 0. The Labute approximate surface area is 486 Å². The van der Waals surface area contributed by atoms with Gasteiger partial charge in [0.1, 0.15) is 17.2 Å². The van der Waals surface area contributed by atoms with Crippen molar-refractivity contribution in [2.75, 3.05) is 31.8 Å². The molecule has 0 spiro atoms. The maximum atomic E-state index is 12.1. The van der Waals surface area contributed by atoms with Crippen molar-refractivity contribution in [3.8, 4) is 17.2 Å². The Bertz CT molecular complexity index is 2550. The summed E-state index contributed by atoms with van der Waals surface area (Å²) in [5.41, 5.74) is 7.28. The number of rotatable bonds is 21. The predicted octanol–water partition coefficient (Wildman–Crippen LogP) is 18.4. The molecule has 0 saturated heterocycles. The summed E-state index contributed by atoms with van der Waals surface area (Å²) >= 11 is 3.39. The van der Waals surface area contributed by atoms with Crippen molar-refractivity contribution in [3.63, 3.8) is 0 Å². The molecular weight excluding hydrogens is 1050 g/mol. The van der Waals surface area contributed by atoms with Crippen LogP contribution in [0.3, 0.4) is 0 Å². The summed E-state index contributed by atoms with van der Waals surface area (Å²) in [6.07, 6.45) is 3.95. The van der Waals surface area contributed by atoms with Gasteiger partial charge in [0.15, 0.2) is 0 Å². The number of carboxylic acid groups (broad SMARTS) is 1. The normalized spacial score (nSPS) is 12.0. The van der Waals surface area contributed by atoms with E-state index in [-0.39, 0.29) is 69.0 Å².